The minimum Gasteiger partial charge on any atom is -0.421 e. The topological polar surface area (TPSA) is 71.3 Å². The first kappa shape index (κ1) is 18.8. The van der Waals surface area contributed by atoms with E-state index in [1.165, 1.54) is 0 Å². The van der Waals surface area contributed by atoms with E-state index in [-0.39, 0.29) is 5.69 Å². The van der Waals surface area contributed by atoms with Gasteiger partial charge in [0.05, 0.1) is 5.69 Å². The maximum Gasteiger partial charge on any atom is 0.362 e. The van der Waals surface area contributed by atoms with E-state index in [2.05, 4.69) is 10.6 Å². The van der Waals surface area contributed by atoms with Gasteiger partial charge in [-0.15, -0.1) is 0 Å². The fourth-order valence-corrected chi connectivity index (χ4v) is 3.15. The Kier molecular flexibility index (Phi) is 5.31. The highest BCUT2D eigenvalue weighted by atomic mass is 35.5. The average Bonchev–Trinajstić information content (AvgIpc) is 2.74. The first-order valence-electron chi connectivity index (χ1n) is 9.02. The summed E-state index contributed by atoms with van der Waals surface area (Å²) in [7, 11) is 0. The first-order chi connectivity index (χ1) is 14.1. The summed E-state index contributed by atoms with van der Waals surface area (Å²) in [4.78, 5) is 25.3. The number of fused-ring (bicyclic) bond motifs is 1. The maximum absolute atomic E-state index is 12.7. The van der Waals surface area contributed by atoms with Crippen molar-refractivity contribution in [3.05, 3.63) is 105 Å². The second-order valence-corrected chi connectivity index (χ2v) is 6.87. The molecule has 0 aliphatic rings. The van der Waals surface area contributed by atoms with Crippen LogP contribution in [0.15, 0.2) is 88.1 Å². The van der Waals surface area contributed by atoms with Crippen LogP contribution < -0.4 is 16.3 Å². The Hall–Kier alpha value is -3.57. The smallest absolute Gasteiger partial charge is 0.362 e. The predicted octanol–water partition coefficient (Wildman–Crippen LogP) is 5.31. The van der Waals surface area contributed by atoms with E-state index < -0.39 is 11.5 Å². The summed E-state index contributed by atoms with van der Waals surface area (Å²) in [5.74, 6) is -0.424. The molecule has 4 aromatic rings. The molecule has 1 aromatic heterocycles. The van der Waals surface area contributed by atoms with Crippen LogP contribution in [0.3, 0.4) is 0 Å². The molecular formula is C23H17ClN2O3. The molecule has 0 bridgehead atoms. The minimum atomic E-state index is -0.624. The quantitative estimate of drug-likeness (QED) is 0.442. The van der Waals surface area contributed by atoms with Crippen molar-refractivity contribution < 1.29 is 9.21 Å². The molecule has 2 N–H and O–H groups in total. The van der Waals surface area contributed by atoms with Gasteiger partial charge in [-0.2, -0.15) is 0 Å². The lowest BCUT2D eigenvalue weighted by Gasteiger charge is -2.14. The second kappa shape index (κ2) is 8.20. The number of nitrogens with one attached hydrogen (secondary N) is 2. The van der Waals surface area contributed by atoms with Crippen LogP contribution in [-0.2, 0) is 6.54 Å². The van der Waals surface area contributed by atoms with Gasteiger partial charge in [-0.05, 0) is 42.0 Å². The molecule has 29 heavy (non-hydrogen) atoms. The van der Waals surface area contributed by atoms with Crippen LogP contribution in [0.2, 0.25) is 5.02 Å². The van der Waals surface area contributed by atoms with Gasteiger partial charge in [0, 0.05) is 22.5 Å². The highest BCUT2D eigenvalue weighted by Gasteiger charge is 2.17. The fraction of sp³-hybridized carbons (Fsp3) is 0.0435. The molecule has 144 valence electrons. The summed E-state index contributed by atoms with van der Waals surface area (Å²) >= 11 is 5.89. The summed E-state index contributed by atoms with van der Waals surface area (Å²) in [5, 5.41) is 7.20. The number of para-hydroxylation sites is 1. The third kappa shape index (κ3) is 4.15. The van der Waals surface area contributed by atoms with Crippen molar-refractivity contribution in [1.82, 2.24) is 0 Å². The molecule has 0 fully saturated rings. The zero-order valence-corrected chi connectivity index (χ0v) is 16.1. The summed E-state index contributed by atoms with van der Waals surface area (Å²) in [5.41, 5.74) is 1.83. The average molecular weight is 405 g/mol. The molecule has 5 nitrogen and oxygen atoms in total. The zero-order valence-electron chi connectivity index (χ0n) is 15.3. The van der Waals surface area contributed by atoms with Crippen LogP contribution in [-0.4, -0.2) is 5.91 Å². The van der Waals surface area contributed by atoms with Crippen LogP contribution >= 0.6 is 11.6 Å². The number of carbonyl (C=O) groups is 1. The molecule has 0 radical (unpaired) electrons. The van der Waals surface area contributed by atoms with Crippen LogP contribution in [0.5, 0.6) is 0 Å². The summed E-state index contributed by atoms with van der Waals surface area (Å²) in [6, 6.07) is 23.4. The van der Waals surface area contributed by atoms with Gasteiger partial charge in [-0.3, -0.25) is 4.79 Å². The summed E-state index contributed by atoms with van der Waals surface area (Å²) in [6.45, 7) is 0.484. The number of hydrogen-bond acceptors (Lipinski definition) is 4. The van der Waals surface area contributed by atoms with Crippen molar-refractivity contribution in [2.24, 2.45) is 0 Å². The van der Waals surface area contributed by atoms with Gasteiger partial charge in [0.15, 0.2) is 5.69 Å². The van der Waals surface area contributed by atoms with Crippen molar-refractivity contribution in [2.75, 3.05) is 10.6 Å². The van der Waals surface area contributed by atoms with Crippen molar-refractivity contribution in [1.29, 1.82) is 0 Å². The van der Waals surface area contributed by atoms with Gasteiger partial charge in [-0.1, -0.05) is 54.1 Å². The monoisotopic (exact) mass is 404 g/mol. The first-order valence-corrected chi connectivity index (χ1v) is 9.40. The van der Waals surface area contributed by atoms with E-state index in [0.717, 1.165) is 5.56 Å². The number of rotatable bonds is 5. The molecule has 3 aromatic carbocycles. The maximum atomic E-state index is 12.7. The predicted molar refractivity (Wildman–Crippen MR) is 116 cm³/mol. The Morgan fingerprint density at radius 3 is 2.31 bits per heavy atom. The van der Waals surface area contributed by atoms with Gasteiger partial charge < -0.3 is 15.1 Å². The van der Waals surface area contributed by atoms with E-state index in [4.69, 9.17) is 16.0 Å². The molecule has 0 atom stereocenters. The molecule has 0 aliphatic heterocycles. The lowest BCUT2D eigenvalue weighted by atomic mass is 10.1. The van der Waals surface area contributed by atoms with E-state index in [9.17, 15) is 9.59 Å². The van der Waals surface area contributed by atoms with Crippen molar-refractivity contribution in [3.63, 3.8) is 0 Å². The molecule has 1 amide bonds. The lowest BCUT2D eigenvalue weighted by molar-refractivity contribution is 0.102. The third-order valence-electron chi connectivity index (χ3n) is 4.47. The lowest BCUT2D eigenvalue weighted by Crippen LogP contribution is -2.20. The van der Waals surface area contributed by atoms with Gasteiger partial charge in [-0.25, -0.2) is 4.79 Å². The normalized spacial score (nSPS) is 10.7. The summed E-state index contributed by atoms with van der Waals surface area (Å²) in [6.07, 6.45) is 0. The van der Waals surface area contributed by atoms with Gasteiger partial charge in [0.1, 0.15) is 5.58 Å². The van der Waals surface area contributed by atoms with Crippen LogP contribution in [0.1, 0.15) is 15.9 Å². The highest BCUT2D eigenvalue weighted by molar-refractivity contribution is 6.30. The number of carbonyl (C=O) groups excluding carboxylic acids is 1. The Balaban J connectivity index is 1.73. The standard InChI is InChI=1S/C23H17ClN2O3/c24-17-12-10-16(11-13-17)22(27)26-21-20(25-14-15-6-2-1-3-7-15)18-8-4-5-9-19(18)29-23(21)28/h1-13,25H,14H2,(H,26,27). The zero-order chi connectivity index (χ0) is 20.2. The molecule has 0 unspecified atom stereocenters. The molecule has 0 saturated carbocycles. The third-order valence-corrected chi connectivity index (χ3v) is 4.72. The van der Waals surface area contributed by atoms with E-state index in [0.29, 0.717) is 33.8 Å². The Bertz CT molecular complexity index is 1220. The van der Waals surface area contributed by atoms with Gasteiger partial charge >= 0.3 is 5.63 Å². The number of hydrogen-bond donors (Lipinski definition) is 2. The van der Waals surface area contributed by atoms with Gasteiger partial charge in [0.25, 0.3) is 5.91 Å². The fourth-order valence-electron chi connectivity index (χ4n) is 3.02. The molecule has 0 spiro atoms. The van der Waals surface area contributed by atoms with Crippen molar-refractivity contribution >= 4 is 39.9 Å². The van der Waals surface area contributed by atoms with E-state index >= 15 is 0 Å². The molecule has 6 heteroatoms. The number of amides is 1. The molecule has 0 aliphatic carbocycles. The van der Waals surface area contributed by atoms with Crippen molar-refractivity contribution in [3.8, 4) is 0 Å². The Labute approximate surface area is 171 Å². The van der Waals surface area contributed by atoms with E-state index in [1.807, 2.05) is 42.5 Å². The molecular weight excluding hydrogens is 388 g/mol. The van der Waals surface area contributed by atoms with Crippen LogP contribution in [0.4, 0.5) is 11.4 Å². The molecule has 0 saturated heterocycles. The van der Waals surface area contributed by atoms with Crippen LogP contribution in [0.25, 0.3) is 11.0 Å². The number of benzene rings is 3. The second-order valence-electron chi connectivity index (χ2n) is 6.44. The van der Waals surface area contributed by atoms with Gasteiger partial charge in [0.2, 0.25) is 0 Å². The SMILES string of the molecule is O=C(Nc1c(NCc2ccccc2)c2ccccc2oc1=O)c1ccc(Cl)cc1. The number of halogens is 1. The van der Waals surface area contributed by atoms with Crippen molar-refractivity contribution in [2.45, 2.75) is 6.54 Å². The Morgan fingerprint density at radius 2 is 1.55 bits per heavy atom. The summed E-state index contributed by atoms with van der Waals surface area (Å²) < 4.78 is 5.41. The number of anilines is 2. The largest absolute Gasteiger partial charge is 0.421 e. The van der Waals surface area contributed by atoms with E-state index in [1.54, 1.807) is 36.4 Å². The highest BCUT2D eigenvalue weighted by Crippen LogP contribution is 2.29. The molecule has 4 rings (SSSR count). The Morgan fingerprint density at radius 1 is 0.862 bits per heavy atom. The van der Waals surface area contributed by atoms with Crippen LogP contribution in [0, 0.1) is 0 Å². The minimum absolute atomic E-state index is 0.0691. The molecule has 1 heterocycles.